The van der Waals surface area contributed by atoms with Crippen LogP contribution in [0.5, 0.6) is 11.5 Å². The van der Waals surface area contributed by atoms with Crippen molar-refractivity contribution >= 4 is 17.2 Å². The SMILES string of the molecule is CC(C)C(NC(=O)CCc1nnc(-c2ccsc2)o1)c1ccc2c(c1)OCCO2. The zero-order valence-corrected chi connectivity index (χ0v) is 17.2. The fraction of sp³-hybridized carbons (Fsp3) is 0.381. The quantitative estimate of drug-likeness (QED) is 0.630. The summed E-state index contributed by atoms with van der Waals surface area (Å²) in [5, 5.41) is 15.1. The van der Waals surface area contributed by atoms with Crippen LogP contribution in [-0.2, 0) is 11.2 Å². The van der Waals surface area contributed by atoms with E-state index in [0.29, 0.717) is 31.4 Å². The van der Waals surface area contributed by atoms with Gasteiger partial charge in [-0.25, -0.2) is 0 Å². The Hall–Kier alpha value is -2.87. The Morgan fingerprint density at radius 3 is 2.76 bits per heavy atom. The van der Waals surface area contributed by atoms with Crippen LogP contribution in [0.3, 0.4) is 0 Å². The van der Waals surface area contributed by atoms with E-state index < -0.39 is 0 Å². The molecule has 0 bridgehead atoms. The Morgan fingerprint density at radius 1 is 1.17 bits per heavy atom. The van der Waals surface area contributed by atoms with Crippen molar-refractivity contribution in [1.29, 1.82) is 0 Å². The molecule has 8 heteroatoms. The largest absolute Gasteiger partial charge is 0.486 e. The van der Waals surface area contributed by atoms with Crippen LogP contribution in [0.25, 0.3) is 11.5 Å². The Morgan fingerprint density at radius 2 is 2.00 bits per heavy atom. The van der Waals surface area contributed by atoms with Crippen LogP contribution in [0.15, 0.2) is 39.4 Å². The Kier molecular flexibility index (Phi) is 5.80. The second-order valence-electron chi connectivity index (χ2n) is 7.21. The van der Waals surface area contributed by atoms with Gasteiger partial charge in [-0.15, -0.1) is 10.2 Å². The molecule has 1 unspecified atom stereocenters. The normalized spacial score (nSPS) is 14.0. The summed E-state index contributed by atoms with van der Waals surface area (Å²) in [6, 6.07) is 7.63. The van der Waals surface area contributed by atoms with Crippen molar-refractivity contribution in [3.8, 4) is 23.0 Å². The lowest BCUT2D eigenvalue weighted by atomic mass is 9.95. The molecule has 152 valence electrons. The maximum Gasteiger partial charge on any atom is 0.248 e. The number of aryl methyl sites for hydroxylation is 1. The minimum atomic E-state index is -0.123. The van der Waals surface area contributed by atoms with E-state index in [0.717, 1.165) is 22.6 Å². The Bertz CT molecular complexity index is 968. The van der Waals surface area contributed by atoms with Crippen molar-refractivity contribution < 1.29 is 18.7 Å². The summed E-state index contributed by atoms with van der Waals surface area (Å²) in [6.45, 7) is 5.24. The zero-order valence-electron chi connectivity index (χ0n) is 16.4. The number of thiophene rings is 1. The van der Waals surface area contributed by atoms with Crippen LogP contribution >= 0.6 is 11.3 Å². The molecule has 0 spiro atoms. The van der Waals surface area contributed by atoms with Crippen LogP contribution in [0.2, 0.25) is 0 Å². The molecule has 1 atom stereocenters. The summed E-state index contributed by atoms with van der Waals surface area (Å²) < 4.78 is 16.9. The lowest BCUT2D eigenvalue weighted by Crippen LogP contribution is -2.32. The van der Waals surface area contributed by atoms with Crippen LogP contribution in [0.1, 0.15) is 37.8 Å². The van der Waals surface area contributed by atoms with Crippen molar-refractivity contribution in [2.24, 2.45) is 5.92 Å². The monoisotopic (exact) mass is 413 g/mol. The first-order valence-corrected chi connectivity index (χ1v) is 10.6. The van der Waals surface area contributed by atoms with Gasteiger partial charge >= 0.3 is 0 Å². The van der Waals surface area contributed by atoms with Crippen molar-refractivity contribution in [3.05, 3.63) is 46.5 Å². The number of nitrogens with zero attached hydrogens (tertiary/aromatic N) is 2. The maximum absolute atomic E-state index is 12.6. The predicted molar refractivity (Wildman–Crippen MR) is 109 cm³/mol. The van der Waals surface area contributed by atoms with Gasteiger partial charge in [0.05, 0.1) is 6.04 Å². The van der Waals surface area contributed by atoms with Gasteiger partial charge in [-0.1, -0.05) is 19.9 Å². The number of nitrogens with one attached hydrogen (secondary N) is 1. The van der Waals surface area contributed by atoms with Gasteiger partial charge in [0, 0.05) is 23.8 Å². The summed E-state index contributed by atoms with van der Waals surface area (Å²) in [6.07, 6.45) is 0.675. The number of rotatable bonds is 7. The summed E-state index contributed by atoms with van der Waals surface area (Å²) in [5.41, 5.74) is 1.90. The molecule has 1 aliphatic rings. The van der Waals surface area contributed by atoms with E-state index >= 15 is 0 Å². The summed E-state index contributed by atoms with van der Waals surface area (Å²) in [4.78, 5) is 12.6. The van der Waals surface area contributed by atoms with Crippen molar-refractivity contribution in [3.63, 3.8) is 0 Å². The zero-order chi connectivity index (χ0) is 20.2. The molecule has 0 saturated heterocycles. The van der Waals surface area contributed by atoms with Crippen molar-refractivity contribution in [2.75, 3.05) is 13.2 Å². The molecule has 7 nitrogen and oxygen atoms in total. The highest BCUT2D eigenvalue weighted by Crippen LogP contribution is 2.34. The number of hydrogen-bond acceptors (Lipinski definition) is 7. The molecular formula is C21H23N3O4S. The van der Waals surface area contributed by atoms with Gasteiger partial charge in [-0.3, -0.25) is 4.79 Å². The molecule has 2 aromatic heterocycles. The molecule has 1 N–H and O–H groups in total. The standard InChI is InChI=1S/C21H23N3O4S/c1-13(2)20(14-3-4-16-17(11-14)27-9-8-26-16)22-18(25)5-6-19-23-24-21(28-19)15-7-10-29-12-15/h3-4,7,10-13,20H,5-6,8-9H2,1-2H3,(H,22,25). The van der Waals surface area contributed by atoms with Gasteiger partial charge in [-0.05, 0) is 35.1 Å². The average molecular weight is 413 g/mol. The lowest BCUT2D eigenvalue weighted by Gasteiger charge is -2.25. The lowest BCUT2D eigenvalue weighted by molar-refractivity contribution is -0.122. The minimum absolute atomic E-state index is 0.0612. The van der Waals surface area contributed by atoms with Crippen LogP contribution in [-0.4, -0.2) is 29.3 Å². The van der Waals surface area contributed by atoms with Crippen molar-refractivity contribution in [2.45, 2.75) is 32.7 Å². The van der Waals surface area contributed by atoms with Gasteiger partial charge in [0.2, 0.25) is 17.7 Å². The molecule has 3 aromatic rings. The highest BCUT2D eigenvalue weighted by molar-refractivity contribution is 7.08. The number of carbonyl (C=O) groups excluding carboxylic acids is 1. The predicted octanol–water partition coefficient (Wildman–Crippen LogP) is 4.02. The number of hydrogen-bond donors (Lipinski definition) is 1. The van der Waals surface area contributed by atoms with Crippen LogP contribution < -0.4 is 14.8 Å². The van der Waals surface area contributed by atoms with Crippen molar-refractivity contribution in [1.82, 2.24) is 15.5 Å². The van der Waals surface area contributed by atoms with Gasteiger partial charge in [-0.2, -0.15) is 11.3 Å². The number of aromatic nitrogens is 2. The third-order valence-electron chi connectivity index (χ3n) is 4.71. The molecule has 1 aliphatic heterocycles. The van der Waals surface area contributed by atoms with E-state index in [9.17, 15) is 4.79 Å². The molecule has 3 heterocycles. The molecule has 0 radical (unpaired) electrons. The highest BCUT2D eigenvalue weighted by atomic mass is 32.1. The molecule has 4 rings (SSSR count). The number of ether oxygens (including phenoxy) is 2. The third kappa shape index (κ3) is 4.59. The molecule has 0 fully saturated rings. The summed E-state index contributed by atoms with van der Waals surface area (Å²) >= 11 is 1.57. The average Bonchev–Trinajstić information content (AvgIpc) is 3.41. The topological polar surface area (TPSA) is 86.5 Å². The van der Waals surface area contributed by atoms with E-state index in [4.69, 9.17) is 13.9 Å². The van der Waals surface area contributed by atoms with E-state index in [1.807, 2.05) is 35.0 Å². The first-order valence-electron chi connectivity index (χ1n) is 9.64. The van der Waals surface area contributed by atoms with Gasteiger partial charge in [0.1, 0.15) is 13.2 Å². The molecular weight excluding hydrogens is 390 g/mol. The van der Waals surface area contributed by atoms with Crippen LogP contribution in [0, 0.1) is 5.92 Å². The smallest absolute Gasteiger partial charge is 0.248 e. The second kappa shape index (κ2) is 8.65. The van der Waals surface area contributed by atoms with Gasteiger partial charge in [0.25, 0.3) is 0 Å². The minimum Gasteiger partial charge on any atom is -0.486 e. The molecule has 1 amide bonds. The van der Waals surface area contributed by atoms with E-state index in [-0.39, 0.29) is 24.3 Å². The molecule has 0 aliphatic carbocycles. The van der Waals surface area contributed by atoms with Crippen LogP contribution in [0.4, 0.5) is 0 Å². The number of amides is 1. The summed E-state index contributed by atoms with van der Waals surface area (Å²) in [5.74, 6) is 2.57. The molecule has 0 saturated carbocycles. The van der Waals surface area contributed by atoms with E-state index in [1.165, 1.54) is 0 Å². The van der Waals surface area contributed by atoms with Gasteiger partial charge in [0.15, 0.2) is 11.5 Å². The number of fused-ring (bicyclic) bond motifs is 1. The summed E-state index contributed by atoms with van der Waals surface area (Å²) in [7, 11) is 0. The maximum atomic E-state index is 12.6. The van der Waals surface area contributed by atoms with E-state index in [2.05, 4.69) is 29.4 Å². The second-order valence-corrected chi connectivity index (χ2v) is 7.99. The molecule has 1 aromatic carbocycles. The highest BCUT2D eigenvalue weighted by Gasteiger charge is 2.22. The third-order valence-corrected chi connectivity index (χ3v) is 5.39. The number of carbonyl (C=O) groups is 1. The fourth-order valence-electron chi connectivity index (χ4n) is 3.21. The first kappa shape index (κ1) is 19.4. The first-order chi connectivity index (χ1) is 14.1. The molecule has 29 heavy (non-hydrogen) atoms. The number of benzene rings is 1. The Labute approximate surface area is 173 Å². The van der Waals surface area contributed by atoms with E-state index in [1.54, 1.807) is 11.3 Å². The van der Waals surface area contributed by atoms with Gasteiger partial charge < -0.3 is 19.2 Å². The fourth-order valence-corrected chi connectivity index (χ4v) is 3.84. The Balaban J connectivity index is 1.38.